The van der Waals surface area contributed by atoms with Crippen LogP contribution in [0.15, 0.2) is 11.6 Å². The summed E-state index contributed by atoms with van der Waals surface area (Å²) in [6, 6.07) is 0. The lowest BCUT2D eigenvalue weighted by Crippen LogP contribution is -2.39. The van der Waals surface area contributed by atoms with Gasteiger partial charge in [-0.3, -0.25) is 0 Å². The molecule has 0 spiro atoms. The summed E-state index contributed by atoms with van der Waals surface area (Å²) in [6.45, 7) is 13.6. The number of aliphatic hydroxyl groups is 1. The van der Waals surface area contributed by atoms with E-state index in [9.17, 15) is 5.11 Å². The Morgan fingerprint density at radius 3 is 2.65 bits per heavy atom. The number of unbranched alkanes of at least 4 members (excludes halogenated alkanes) is 1. The van der Waals surface area contributed by atoms with Crippen LogP contribution in [0, 0.1) is 24.7 Å². The number of hydrogen-bond acceptors (Lipinski definition) is 2. The molecule has 5 unspecified atom stereocenters. The summed E-state index contributed by atoms with van der Waals surface area (Å²) in [5.74, 6) is 1.30. The molecule has 2 nitrogen and oxygen atoms in total. The van der Waals surface area contributed by atoms with Crippen molar-refractivity contribution in [3.05, 3.63) is 18.6 Å². The minimum Gasteiger partial charge on any atom is -0.389 e. The molecule has 0 saturated carbocycles. The van der Waals surface area contributed by atoms with Crippen LogP contribution in [-0.4, -0.2) is 23.9 Å². The van der Waals surface area contributed by atoms with Crippen molar-refractivity contribution in [2.24, 2.45) is 17.8 Å². The highest BCUT2D eigenvalue weighted by Gasteiger charge is 2.34. The topological polar surface area (TPSA) is 29.5 Å². The van der Waals surface area contributed by atoms with Crippen molar-refractivity contribution < 1.29 is 9.84 Å². The van der Waals surface area contributed by atoms with Crippen LogP contribution in [0.1, 0.15) is 59.8 Å². The van der Waals surface area contributed by atoms with Gasteiger partial charge in [0.2, 0.25) is 0 Å². The average Bonchev–Trinajstić information content (AvgIpc) is 2.45. The van der Waals surface area contributed by atoms with Crippen LogP contribution < -0.4 is 0 Å². The molecule has 1 N–H and O–H groups in total. The third-order valence-corrected chi connectivity index (χ3v) is 4.81. The molecule has 118 valence electrons. The highest BCUT2D eigenvalue weighted by atomic mass is 16.5. The fraction of sp³-hybridized carbons (Fsp3) is 0.833. The molecule has 5 atom stereocenters. The van der Waals surface area contributed by atoms with Gasteiger partial charge in [0.1, 0.15) is 0 Å². The third kappa shape index (κ3) is 4.89. The SMILES string of the molecule is [CH2-]CC(C)CCC1=CC(O)C(C)C(C)C1OCCCC. The van der Waals surface area contributed by atoms with Crippen LogP contribution in [-0.2, 0) is 4.74 Å². The Morgan fingerprint density at radius 1 is 1.35 bits per heavy atom. The predicted molar refractivity (Wildman–Crippen MR) is 85.4 cm³/mol. The maximum atomic E-state index is 10.2. The van der Waals surface area contributed by atoms with E-state index in [1.165, 1.54) is 5.57 Å². The molecule has 1 rings (SSSR count). The summed E-state index contributed by atoms with van der Waals surface area (Å²) in [6.07, 6.45) is 7.34. The number of ether oxygens (including phenoxy) is 1. The van der Waals surface area contributed by atoms with Crippen LogP contribution in [0.3, 0.4) is 0 Å². The standard InChI is InChI=1S/C18H33O2/c1-6-8-11-20-18-15(5)14(4)17(19)12-16(18)10-9-13(3)7-2/h12-15,17-19H,2,6-11H2,1,3-5H3/q-1. The predicted octanol–water partition coefficient (Wildman–Crippen LogP) is 4.39. The molecule has 2 heteroatoms. The van der Waals surface area contributed by atoms with Gasteiger partial charge < -0.3 is 16.8 Å². The lowest BCUT2D eigenvalue weighted by atomic mass is 9.76. The van der Waals surface area contributed by atoms with E-state index in [4.69, 9.17) is 4.74 Å². The molecule has 0 amide bonds. The van der Waals surface area contributed by atoms with E-state index in [0.717, 1.165) is 38.7 Å². The normalized spacial score (nSPS) is 32.0. The van der Waals surface area contributed by atoms with Gasteiger partial charge in [0.05, 0.1) is 12.2 Å². The minimum absolute atomic E-state index is 0.192. The Morgan fingerprint density at radius 2 is 2.05 bits per heavy atom. The second-order valence-corrected chi connectivity index (χ2v) is 6.53. The highest BCUT2D eigenvalue weighted by Crippen LogP contribution is 2.35. The van der Waals surface area contributed by atoms with E-state index >= 15 is 0 Å². The van der Waals surface area contributed by atoms with Crippen molar-refractivity contribution in [2.45, 2.75) is 72.0 Å². The largest absolute Gasteiger partial charge is 0.389 e. The summed E-state index contributed by atoms with van der Waals surface area (Å²) >= 11 is 0. The molecular formula is C18H33O2-. The smallest absolute Gasteiger partial charge is 0.0815 e. The molecular weight excluding hydrogens is 248 g/mol. The van der Waals surface area contributed by atoms with Gasteiger partial charge in [0.15, 0.2) is 0 Å². The van der Waals surface area contributed by atoms with Gasteiger partial charge >= 0.3 is 0 Å². The number of aliphatic hydroxyl groups excluding tert-OH is 1. The van der Waals surface area contributed by atoms with E-state index in [1.807, 2.05) is 0 Å². The van der Waals surface area contributed by atoms with Crippen molar-refractivity contribution in [2.75, 3.05) is 6.61 Å². The zero-order valence-electron chi connectivity index (χ0n) is 13.8. The van der Waals surface area contributed by atoms with E-state index < -0.39 is 0 Å². The van der Waals surface area contributed by atoms with Crippen LogP contribution in [0.4, 0.5) is 0 Å². The van der Waals surface area contributed by atoms with Gasteiger partial charge in [0, 0.05) is 6.61 Å². The lowest BCUT2D eigenvalue weighted by molar-refractivity contribution is -0.0123. The number of rotatable bonds is 8. The monoisotopic (exact) mass is 281 g/mol. The molecule has 0 saturated heterocycles. The molecule has 0 radical (unpaired) electrons. The molecule has 0 aromatic rings. The Labute approximate surface area is 125 Å². The van der Waals surface area contributed by atoms with Crippen molar-refractivity contribution in [1.82, 2.24) is 0 Å². The van der Waals surface area contributed by atoms with E-state index in [1.54, 1.807) is 0 Å². The molecule has 20 heavy (non-hydrogen) atoms. The molecule has 1 aliphatic carbocycles. The Hall–Kier alpha value is -0.340. The number of hydrogen-bond donors (Lipinski definition) is 1. The third-order valence-electron chi connectivity index (χ3n) is 4.81. The first-order valence-corrected chi connectivity index (χ1v) is 8.30. The quantitative estimate of drug-likeness (QED) is 0.406. The summed E-state index contributed by atoms with van der Waals surface area (Å²) in [4.78, 5) is 0. The molecule has 0 aliphatic heterocycles. The van der Waals surface area contributed by atoms with Crippen LogP contribution >= 0.6 is 0 Å². The highest BCUT2D eigenvalue weighted by molar-refractivity contribution is 5.18. The molecule has 0 fully saturated rings. The summed E-state index contributed by atoms with van der Waals surface area (Å²) in [5.41, 5.74) is 1.31. The first kappa shape index (κ1) is 17.7. The second kappa shape index (κ2) is 8.84. The van der Waals surface area contributed by atoms with Crippen molar-refractivity contribution in [3.63, 3.8) is 0 Å². The maximum absolute atomic E-state index is 10.2. The van der Waals surface area contributed by atoms with E-state index in [2.05, 4.69) is 40.7 Å². The van der Waals surface area contributed by atoms with Gasteiger partial charge in [-0.25, -0.2) is 0 Å². The van der Waals surface area contributed by atoms with Gasteiger partial charge in [-0.15, -0.1) is 0 Å². The fourth-order valence-electron chi connectivity index (χ4n) is 2.79. The zero-order valence-corrected chi connectivity index (χ0v) is 13.8. The van der Waals surface area contributed by atoms with Crippen LogP contribution in [0.25, 0.3) is 0 Å². The average molecular weight is 281 g/mol. The van der Waals surface area contributed by atoms with Crippen molar-refractivity contribution in [3.8, 4) is 0 Å². The first-order valence-electron chi connectivity index (χ1n) is 8.30. The zero-order chi connectivity index (χ0) is 15.1. The van der Waals surface area contributed by atoms with E-state index in [-0.39, 0.29) is 18.1 Å². The molecule has 0 bridgehead atoms. The molecule has 0 heterocycles. The van der Waals surface area contributed by atoms with Gasteiger partial charge in [-0.05, 0) is 36.7 Å². The van der Waals surface area contributed by atoms with Gasteiger partial charge in [0.25, 0.3) is 0 Å². The fourth-order valence-corrected chi connectivity index (χ4v) is 2.79. The minimum atomic E-state index is -0.318. The Kier molecular flexibility index (Phi) is 7.83. The molecule has 0 aromatic heterocycles. The summed E-state index contributed by atoms with van der Waals surface area (Å²) < 4.78 is 6.14. The van der Waals surface area contributed by atoms with Crippen molar-refractivity contribution >= 4 is 0 Å². The first-order chi connectivity index (χ1) is 9.51. The second-order valence-electron chi connectivity index (χ2n) is 6.53. The molecule has 0 aromatic carbocycles. The van der Waals surface area contributed by atoms with E-state index in [0.29, 0.717) is 11.8 Å². The summed E-state index contributed by atoms with van der Waals surface area (Å²) in [5, 5.41) is 10.2. The van der Waals surface area contributed by atoms with Crippen LogP contribution in [0.5, 0.6) is 0 Å². The molecule has 1 aliphatic rings. The maximum Gasteiger partial charge on any atom is 0.0815 e. The summed E-state index contributed by atoms with van der Waals surface area (Å²) in [7, 11) is 0. The van der Waals surface area contributed by atoms with Gasteiger partial charge in [-0.1, -0.05) is 46.1 Å². The Bertz CT molecular complexity index is 298. The Balaban J connectivity index is 2.69. The van der Waals surface area contributed by atoms with Crippen molar-refractivity contribution in [1.29, 1.82) is 0 Å². The van der Waals surface area contributed by atoms with Gasteiger partial charge in [-0.2, -0.15) is 6.42 Å². The van der Waals surface area contributed by atoms with Crippen LogP contribution in [0.2, 0.25) is 0 Å². The lowest BCUT2D eigenvalue weighted by Gasteiger charge is -2.38.